The highest BCUT2D eigenvalue weighted by atomic mass is 16.5. The van der Waals surface area contributed by atoms with E-state index in [9.17, 15) is 0 Å². The smallest absolute Gasteiger partial charge is 0.120 e. The lowest BCUT2D eigenvalue weighted by Crippen LogP contribution is -2.18. The van der Waals surface area contributed by atoms with Gasteiger partial charge in [-0.15, -0.1) is 0 Å². The van der Waals surface area contributed by atoms with Gasteiger partial charge in [0.1, 0.15) is 5.75 Å². The quantitative estimate of drug-likeness (QED) is 0.895. The van der Waals surface area contributed by atoms with E-state index in [2.05, 4.69) is 54.5 Å². The average molecular weight is 270 g/mol. The number of nitrogens with zero attached hydrogens (tertiary/aromatic N) is 1. The van der Waals surface area contributed by atoms with Gasteiger partial charge in [-0.05, 0) is 37.7 Å². The minimum absolute atomic E-state index is 0.305. The number of para-hydroxylation sites is 1. The van der Waals surface area contributed by atoms with Crippen LogP contribution in [0.5, 0.6) is 5.75 Å². The third-order valence-corrected chi connectivity index (χ3v) is 3.64. The standard InChI is InChI=1S/C17H22N2O/c1-13(18-2)16-10-5-6-11-17(16)19(3)14-8-7-9-15(12-14)20-4/h5-13,18H,1-4H3. The Hall–Kier alpha value is -2.00. The molecule has 20 heavy (non-hydrogen) atoms. The molecule has 0 aliphatic heterocycles. The number of nitrogens with one attached hydrogen (secondary N) is 1. The summed E-state index contributed by atoms with van der Waals surface area (Å²) in [7, 11) is 5.75. The van der Waals surface area contributed by atoms with Gasteiger partial charge in [-0.25, -0.2) is 0 Å². The summed E-state index contributed by atoms with van der Waals surface area (Å²) < 4.78 is 5.30. The topological polar surface area (TPSA) is 24.5 Å². The molecule has 0 saturated carbocycles. The lowest BCUT2D eigenvalue weighted by molar-refractivity contribution is 0.415. The van der Waals surface area contributed by atoms with Crippen LogP contribution in [0.1, 0.15) is 18.5 Å². The fourth-order valence-electron chi connectivity index (χ4n) is 2.27. The van der Waals surface area contributed by atoms with Crippen molar-refractivity contribution < 1.29 is 4.74 Å². The lowest BCUT2D eigenvalue weighted by atomic mass is 10.1. The molecule has 0 bridgehead atoms. The third kappa shape index (κ3) is 2.94. The third-order valence-electron chi connectivity index (χ3n) is 3.64. The van der Waals surface area contributed by atoms with E-state index in [1.807, 2.05) is 25.2 Å². The molecular formula is C17H22N2O. The first kappa shape index (κ1) is 14.4. The van der Waals surface area contributed by atoms with E-state index in [1.54, 1.807) is 7.11 Å². The highest BCUT2D eigenvalue weighted by molar-refractivity contribution is 5.67. The van der Waals surface area contributed by atoms with Gasteiger partial charge in [0.05, 0.1) is 7.11 Å². The molecule has 2 aromatic carbocycles. The van der Waals surface area contributed by atoms with Crippen molar-refractivity contribution in [3.63, 3.8) is 0 Å². The maximum atomic E-state index is 5.30. The van der Waals surface area contributed by atoms with Crippen LogP contribution >= 0.6 is 0 Å². The van der Waals surface area contributed by atoms with Gasteiger partial charge in [-0.1, -0.05) is 24.3 Å². The Morgan fingerprint density at radius 3 is 2.55 bits per heavy atom. The predicted octanol–water partition coefficient (Wildman–Crippen LogP) is 3.74. The number of ether oxygens (including phenoxy) is 1. The Kier molecular flexibility index (Phi) is 4.64. The summed E-state index contributed by atoms with van der Waals surface area (Å²) in [5.74, 6) is 0.869. The maximum absolute atomic E-state index is 5.30. The molecule has 0 saturated heterocycles. The first-order chi connectivity index (χ1) is 9.67. The van der Waals surface area contributed by atoms with Crippen LogP contribution in [0.25, 0.3) is 0 Å². The minimum Gasteiger partial charge on any atom is -0.497 e. The van der Waals surface area contributed by atoms with Crippen LogP contribution in [0.4, 0.5) is 11.4 Å². The zero-order chi connectivity index (χ0) is 14.5. The summed E-state index contributed by atoms with van der Waals surface area (Å²) in [6.45, 7) is 2.16. The summed E-state index contributed by atoms with van der Waals surface area (Å²) in [5.41, 5.74) is 3.59. The van der Waals surface area contributed by atoms with Crippen LogP contribution in [0.2, 0.25) is 0 Å². The van der Waals surface area contributed by atoms with Gasteiger partial charge in [-0.3, -0.25) is 0 Å². The number of hydrogen-bond donors (Lipinski definition) is 1. The van der Waals surface area contributed by atoms with Crippen molar-refractivity contribution in [2.75, 3.05) is 26.1 Å². The molecule has 0 aromatic heterocycles. The fourth-order valence-corrected chi connectivity index (χ4v) is 2.27. The predicted molar refractivity (Wildman–Crippen MR) is 85.0 cm³/mol. The van der Waals surface area contributed by atoms with Crippen molar-refractivity contribution in [2.45, 2.75) is 13.0 Å². The van der Waals surface area contributed by atoms with Crippen LogP contribution in [0.3, 0.4) is 0 Å². The summed E-state index contributed by atoms with van der Waals surface area (Å²) in [4.78, 5) is 2.19. The molecule has 3 nitrogen and oxygen atoms in total. The molecule has 106 valence electrons. The molecule has 0 aliphatic carbocycles. The Balaban J connectivity index is 2.40. The molecular weight excluding hydrogens is 248 g/mol. The van der Waals surface area contributed by atoms with Crippen LogP contribution in [0, 0.1) is 0 Å². The second-order valence-electron chi connectivity index (χ2n) is 4.83. The van der Waals surface area contributed by atoms with Gasteiger partial charge in [0, 0.05) is 30.5 Å². The second kappa shape index (κ2) is 6.44. The van der Waals surface area contributed by atoms with Crippen molar-refractivity contribution in [1.29, 1.82) is 0 Å². The number of hydrogen-bond acceptors (Lipinski definition) is 3. The molecule has 0 heterocycles. The number of methoxy groups -OCH3 is 1. The molecule has 0 amide bonds. The zero-order valence-electron chi connectivity index (χ0n) is 12.6. The molecule has 0 radical (unpaired) electrons. The molecule has 3 heteroatoms. The number of rotatable bonds is 5. The van der Waals surface area contributed by atoms with E-state index < -0.39 is 0 Å². The lowest BCUT2D eigenvalue weighted by Gasteiger charge is -2.25. The maximum Gasteiger partial charge on any atom is 0.120 e. The first-order valence-corrected chi connectivity index (χ1v) is 6.81. The normalized spacial score (nSPS) is 12.0. The number of benzene rings is 2. The molecule has 0 fully saturated rings. The fraction of sp³-hybridized carbons (Fsp3) is 0.294. The molecule has 1 unspecified atom stereocenters. The molecule has 0 spiro atoms. The van der Waals surface area contributed by atoms with Gasteiger partial charge in [0.15, 0.2) is 0 Å². The summed E-state index contributed by atoms with van der Waals surface area (Å²) in [6.07, 6.45) is 0. The van der Waals surface area contributed by atoms with E-state index in [4.69, 9.17) is 4.74 Å². The largest absolute Gasteiger partial charge is 0.497 e. The minimum atomic E-state index is 0.305. The zero-order valence-corrected chi connectivity index (χ0v) is 12.6. The molecule has 1 N–H and O–H groups in total. The summed E-state index contributed by atoms with van der Waals surface area (Å²) in [5, 5.41) is 3.30. The SMILES string of the molecule is CNC(C)c1ccccc1N(C)c1cccc(OC)c1. The Bertz CT molecular complexity index is 568. The monoisotopic (exact) mass is 270 g/mol. The van der Waals surface area contributed by atoms with Crippen molar-refractivity contribution in [1.82, 2.24) is 5.32 Å². The van der Waals surface area contributed by atoms with Gasteiger partial charge in [0.2, 0.25) is 0 Å². The summed E-state index contributed by atoms with van der Waals surface area (Å²) >= 11 is 0. The van der Waals surface area contributed by atoms with E-state index in [1.165, 1.54) is 11.3 Å². The molecule has 2 aromatic rings. The molecule has 0 aliphatic rings. The molecule has 1 atom stereocenters. The second-order valence-corrected chi connectivity index (χ2v) is 4.83. The Morgan fingerprint density at radius 2 is 1.85 bits per heavy atom. The van der Waals surface area contributed by atoms with E-state index in [-0.39, 0.29) is 0 Å². The highest BCUT2D eigenvalue weighted by Crippen LogP contribution is 2.31. The number of anilines is 2. The van der Waals surface area contributed by atoms with Crippen molar-refractivity contribution in [3.05, 3.63) is 54.1 Å². The Morgan fingerprint density at radius 1 is 1.10 bits per heavy atom. The van der Waals surface area contributed by atoms with E-state index in [0.29, 0.717) is 6.04 Å². The van der Waals surface area contributed by atoms with Gasteiger partial charge in [-0.2, -0.15) is 0 Å². The summed E-state index contributed by atoms with van der Waals surface area (Å²) in [6, 6.07) is 16.8. The van der Waals surface area contributed by atoms with Crippen LogP contribution in [-0.4, -0.2) is 21.2 Å². The van der Waals surface area contributed by atoms with E-state index in [0.717, 1.165) is 11.4 Å². The van der Waals surface area contributed by atoms with Crippen molar-refractivity contribution in [3.8, 4) is 5.75 Å². The Labute approximate surface area is 121 Å². The van der Waals surface area contributed by atoms with E-state index >= 15 is 0 Å². The first-order valence-electron chi connectivity index (χ1n) is 6.81. The van der Waals surface area contributed by atoms with Gasteiger partial charge < -0.3 is 15.0 Å². The van der Waals surface area contributed by atoms with Gasteiger partial charge in [0.25, 0.3) is 0 Å². The van der Waals surface area contributed by atoms with Crippen LogP contribution < -0.4 is 15.0 Å². The van der Waals surface area contributed by atoms with Crippen LogP contribution in [0.15, 0.2) is 48.5 Å². The van der Waals surface area contributed by atoms with Crippen molar-refractivity contribution >= 4 is 11.4 Å². The molecule has 2 rings (SSSR count). The van der Waals surface area contributed by atoms with Crippen molar-refractivity contribution in [2.24, 2.45) is 0 Å². The highest BCUT2D eigenvalue weighted by Gasteiger charge is 2.13. The van der Waals surface area contributed by atoms with Crippen LogP contribution in [-0.2, 0) is 0 Å². The van der Waals surface area contributed by atoms with Gasteiger partial charge >= 0.3 is 0 Å². The average Bonchev–Trinajstić information content (AvgIpc) is 2.53.